The number of aromatic amines is 2. The molecule has 3 aromatic rings. The molecule has 25 heavy (non-hydrogen) atoms. The van der Waals surface area contributed by atoms with Gasteiger partial charge in [-0.15, -0.1) is 5.10 Å². The molecule has 0 unspecified atom stereocenters. The Kier molecular flexibility index (Phi) is 4.32. The lowest BCUT2D eigenvalue weighted by molar-refractivity contribution is 0.0946. The molecular weight excluding hydrogens is 332 g/mol. The lowest BCUT2D eigenvalue weighted by Crippen LogP contribution is -2.34. The third kappa shape index (κ3) is 3.74. The SMILES string of the molecule is O=C(NCCn1nc(-n2cncn2)ccc1=O)c1cc(=O)[nH]c(=O)[nH]1. The lowest BCUT2D eigenvalue weighted by Gasteiger charge is -2.08. The number of carbonyl (C=O) groups is 1. The van der Waals surface area contributed by atoms with Gasteiger partial charge in [0, 0.05) is 18.7 Å². The Balaban J connectivity index is 1.68. The summed E-state index contributed by atoms with van der Waals surface area (Å²) in [6.45, 7) is 0.141. The topological polar surface area (TPSA) is 160 Å². The highest BCUT2D eigenvalue weighted by molar-refractivity contribution is 5.91. The highest BCUT2D eigenvalue weighted by atomic mass is 16.2. The average Bonchev–Trinajstić information content (AvgIpc) is 3.10. The van der Waals surface area contributed by atoms with Crippen molar-refractivity contribution in [3.8, 4) is 5.82 Å². The maximum atomic E-state index is 11.9. The molecule has 0 aliphatic rings. The van der Waals surface area contributed by atoms with Crippen LogP contribution in [0, 0.1) is 0 Å². The molecular formula is C13H12N8O4. The van der Waals surface area contributed by atoms with E-state index in [-0.39, 0.29) is 24.3 Å². The second-order valence-electron chi connectivity index (χ2n) is 4.85. The second kappa shape index (κ2) is 6.74. The number of rotatable bonds is 5. The Bertz CT molecular complexity index is 1030. The van der Waals surface area contributed by atoms with Crippen molar-refractivity contribution in [3.05, 3.63) is 67.7 Å². The maximum Gasteiger partial charge on any atom is 0.326 e. The zero-order valence-electron chi connectivity index (χ0n) is 12.7. The van der Waals surface area contributed by atoms with Crippen LogP contribution in [0.1, 0.15) is 10.5 Å². The molecule has 0 spiro atoms. The summed E-state index contributed by atoms with van der Waals surface area (Å²) in [4.78, 5) is 54.0. The smallest absolute Gasteiger partial charge is 0.326 e. The van der Waals surface area contributed by atoms with E-state index < -0.39 is 17.2 Å². The van der Waals surface area contributed by atoms with Crippen LogP contribution in [-0.2, 0) is 6.54 Å². The number of carbonyl (C=O) groups excluding carboxylic acids is 1. The molecule has 1 amide bonds. The van der Waals surface area contributed by atoms with Crippen LogP contribution in [0.4, 0.5) is 0 Å². The fraction of sp³-hybridized carbons (Fsp3) is 0.154. The fourth-order valence-corrected chi connectivity index (χ4v) is 2.01. The van der Waals surface area contributed by atoms with Crippen molar-refractivity contribution in [1.82, 2.24) is 39.8 Å². The molecule has 0 saturated carbocycles. The molecule has 0 aliphatic heterocycles. The minimum absolute atomic E-state index is 0.0569. The van der Waals surface area contributed by atoms with Crippen molar-refractivity contribution in [2.75, 3.05) is 6.54 Å². The van der Waals surface area contributed by atoms with E-state index in [0.717, 1.165) is 10.7 Å². The van der Waals surface area contributed by atoms with Crippen molar-refractivity contribution >= 4 is 5.91 Å². The van der Waals surface area contributed by atoms with E-state index in [0.29, 0.717) is 5.82 Å². The molecule has 0 saturated heterocycles. The van der Waals surface area contributed by atoms with Gasteiger partial charge < -0.3 is 10.3 Å². The third-order valence-corrected chi connectivity index (χ3v) is 3.12. The predicted octanol–water partition coefficient (Wildman–Crippen LogP) is -2.37. The number of nitrogens with one attached hydrogen (secondary N) is 3. The molecule has 0 radical (unpaired) electrons. The van der Waals surface area contributed by atoms with E-state index >= 15 is 0 Å². The first-order valence-corrected chi connectivity index (χ1v) is 7.08. The number of amides is 1. The zero-order valence-corrected chi connectivity index (χ0v) is 12.7. The summed E-state index contributed by atoms with van der Waals surface area (Å²) < 4.78 is 2.54. The average molecular weight is 344 g/mol. The Morgan fingerprint density at radius 2 is 2.04 bits per heavy atom. The summed E-state index contributed by atoms with van der Waals surface area (Å²) in [5.41, 5.74) is -2.00. The van der Waals surface area contributed by atoms with Crippen LogP contribution >= 0.6 is 0 Å². The van der Waals surface area contributed by atoms with E-state index in [4.69, 9.17) is 0 Å². The standard InChI is InChI=1S/C13H12N8O4/c22-10-5-8(17-13(25)18-10)12(24)15-3-4-20-11(23)2-1-9(19-20)21-7-14-6-16-21/h1-2,5-7H,3-4H2,(H,15,24)(H2,17,18,22,25). The first-order chi connectivity index (χ1) is 12.0. The van der Waals surface area contributed by atoms with E-state index in [2.05, 4.69) is 25.5 Å². The second-order valence-corrected chi connectivity index (χ2v) is 4.85. The van der Waals surface area contributed by atoms with Crippen LogP contribution in [-0.4, -0.2) is 47.0 Å². The maximum absolute atomic E-state index is 11.9. The normalized spacial score (nSPS) is 10.6. The first-order valence-electron chi connectivity index (χ1n) is 7.08. The molecule has 0 fully saturated rings. The van der Waals surface area contributed by atoms with Gasteiger partial charge in [-0.2, -0.15) is 5.10 Å². The highest BCUT2D eigenvalue weighted by Crippen LogP contribution is 1.96. The molecule has 0 bridgehead atoms. The van der Waals surface area contributed by atoms with Gasteiger partial charge in [-0.25, -0.2) is 19.1 Å². The summed E-state index contributed by atoms with van der Waals surface area (Å²) in [6.07, 6.45) is 2.77. The Morgan fingerprint density at radius 3 is 2.76 bits per heavy atom. The van der Waals surface area contributed by atoms with Gasteiger partial charge in [-0.3, -0.25) is 19.4 Å². The minimum atomic E-state index is -0.781. The van der Waals surface area contributed by atoms with Crippen molar-refractivity contribution in [2.24, 2.45) is 0 Å². The lowest BCUT2D eigenvalue weighted by atomic mass is 10.4. The largest absolute Gasteiger partial charge is 0.349 e. The van der Waals surface area contributed by atoms with Crippen molar-refractivity contribution in [2.45, 2.75) is 6.54 Å². The van der Waals surface area contributed by atoms with E-state index in [1.807, 2.05) is 4.98 Å². The van der Waals surface area contributed by atoms with Crippen LogP contribution in [0.25, 0.3) is 5.82 Å². The van der Waals surface area contributed by atoms with Crippen molar-refractivity contribution in [3.63, 3.8) is 0 Å². The van der Waals surface area contributed by atoms with Crippen LogP contribution < -0.4 is 22.1 Å². The number of aromatic nitrogens is 7. The van der Waals surface area contributed by atoms with Gasteiger partial charge in [-0.05, 0) is 6.07 Å². The summed E-state index contributed by atoms with van der Waals surface area (Å²) in [5.74, 6) is -0.258. The Hall–Kier alpha value is -3.83. The Labute approximate surface area is 138 Å². The molecule has 3 heterocycles. The summed E-state index contributed by atoms with van der Waals surface area (Å²) in [7, 11) is 0. The number of H-pyrrole nitrogens is 2. The molecule has 12 heteroatoms. The predicted molar refractivity (Wildman–Crippen MR) is 83.4 cm³/mol. The molecule has 0 aliphatic carbocycles. The fourth-order valence-electron chi connectivity index (χ4n) is 2.01. The van der Waals surface area contributed by atoms with Crippen LogP contribution in [0.3, 0.4) is 0 Å². The number of hydrogen-bond donors (Lipinski definition) is 3. The molecule has 3 N–H and O–H groups in total. The zero-order chi connectivity index (χ0) is 17.8. The quantitative estimate of drug-likeness (QED) is 0.466. The molecule has 128 valence electrons. The van der Waals surface area contributed by atoms with Crippen LogP contribution in [0.2, 0.25) is 0 Å². The number of nitrogens with zero attached hydrogens (tertiary/aromatic N) is 5. The summed E-state index contributed by atoms with van der Waals surface area (Å²) in [6, 6.07) is 3.78. The molecule has 12 nitrogen and oxygen atoms in total. The van der Waals surface area contributed by atoms with Crippen LogP contribution in [0.5, 0.6) is 0 Å². The number of hydrogen-bond acceptors (Lipinski definition) is 7. The van der Waals surface area contributed by atoms with Gasteiger partial charge in [0.25, 0.3) is 17.0 Å². The van der Waals surface area contributed by atoms with Gasteiger partial charge in [0.15, 0.2) is 5.82 Å². The monoisotopic (exact) mass is 344 g/mol. The summed E-state index contributed by atoms with van der Waals surface area (Å²) >= 11 is 0. The van der Waals surface area contributed by atoms with E-state index in [1.165, 1.54) is 29.5 Å². The third-order valence-electron chi connectivity index (χ3n) is 3.12. The molecule has 0 aromatic carbocycles. The molecule has 3 rings (SSSR count). The van der Waals surface area contributed by atoms with Crippen molar-refractivity contribution in [1.29, 1.82) is 0 Å². The van der Waals surface area contributed by atoms with E-state index in [1.54, 1.807) is 0 Å². The van der Waals surface area contributed by atoms with Gasteiger partial charge in [0.2, 0.25) is 0 Å². The molecule has 3 aromatic heterocycles. The van der Waals surface area contributed by atoms with Gasteiger partial charge in [-0.1, -0.05) is 0 Å². The first kappa shape index (κ1) is 16.0. The summed E-state index contributed by atoms with van der Waals surface area (Å²) in [5, 5.41) is 10.5. The van der Waals surface area contributed by atoms with Gasteiger partial charge in [0.05, 0.1) is 6.54 Å². The van der Waals surface area contributed by atoms with Gasteiger partial charge >= 0.3 is 5.69 Å². The van der Waals surface area contributed by atoms with Crippen molar-refractivity contribution < 1.29 is 4.79 Å². The highest BCUT2D eigenvalue weighted by Gasteiger charge is 2.08. The molecule has 0 atom stereocenters. The van der Waals surface area contributed by atoms with Crippen LogP contribution in [0.15, 0.2) is 45.2 Å². The van der Waals surface area contributed by atoms with Gasteiger partial charge in [0.1, 0.15) is 18.3 Å². The Morgan fingerprint density at radius 1 is 1.20 bits per heavy atom. The van der Waals surface area contributed by atoms with E-state index in [9.17, 15) is 19.2 Å². The minimum Gasteiger partial charge on any atom is -0.349 e.